The summed E-state index contributed by atoms with van der Waals surface area (Å²) in [5, 5.41) is 3.20. The minimum absolute atomic E-state index is 0.0418. The first-order valence-corrected chi connectivity index (χ1v) is 12.0. The van der Waals surface area contributed by atoms with Crippen LogP contribution in [0.4, 0.5) is 0 Å². The van der Waals surface area contributed by atoms with Crippen LogP contribution in [-0.4, -0.2) is 30.4 Å². The number of nitrogens with zero attached hydrogens (tertiary/aromatic N) is 1. The first-order valence-electron chi connectivity index (χ1n) is 11.6. The summed E-state index contributed by atoms with van der Waals surface area (Å²) in [6.07, 6.45) is 8.84. The molecule has 1 aliphatic heterocycles. The maximum atomic E-state index is 13.4. The summed E-state index contributed by atoms with van der Waals surface area (Å²) in [7, 11) is 0. The Balaban J connectivity index is 1.38. The summed E-state index contributed by atoms with van der Waals surface area (Å²) in [4.78, 5) is 14.9. The van der Waals surface area contributed by atoms with Gasteiger partial charge < -0.3 is 5.32 Å². The van der Waals surface area contributed by atoms with E-state index in [1.54, 1.807) is 0 Å². The summed E-state index contributed by atoms with van der Waals surface area (Å²) in [6.45, 7) is 3.50. The molecule has 1 atom stereocenters. The lowest BCUT2D eigenvalue weighted by molar-refractivity contribution is -0.125. The Kier molecular flexibility index (Phi) is 7.47. The average Bonchev–Trinajstić information content (AvgIpc) is 2.84. The normalized spacial score (nSPS) is 20.0. The molecule has 1 unspecified atom stereocenters. The molecule has 1 aliphatic carbocycles. The topological polar surface area (TPSA) is 32.3 Å². The number of rotatable bonds is 7. The second-order valence-electron chi connectivity index (χ2n) is 8.93. The molecule has 31 heavy (non-hydrogen) atoms. The van der Waals surface area contributed by atoms with Crippen molar-refractivity contribution in [3.63, 3.8) is 0 Å². The lowest BCUT2D eigenvalue weighted by atomic mass is 9.75. The molecule has 0 bridgehead atoms. The van der Waals surface area contributed by atoms with E-state index in [9.17, 15) is 4.79 Å². The fourth-order valence-electron chi connectivity index (χ4n) is 4.95. The van der Waals surface area contributed by atoms with Gasteiger partial charge in [0.2, 0.25) is 5.91 Å². The molecule has 1 heterocycles. The number of nitrogens with one attached hydrogen (secondary N) is 1. The van der Waals surface area contributed by atoms with Gasteiger partial charge in [-0.15, -0.1) is 11.6 Å². The average molecular weight is 437 g/mol. The van der Waals surface area contributed by atoms with Crippen molar-refractivity contribution in [3.8, 4) is 0 Å². The monoisotopic (exact) mass is 436 g/mol. The first kappa shape index (κ1) is 22.1. The Morgan fingerprint density at radius 2 is 1.68 bits per heavy atom. The molecule has 1 N–H and O–H groups in total. The van der Waals surface area contributed by atoms with Crippen LogP contribution < -0.4 is 5.32 Å². The van der Waals surface area contributed by atoms with Crippen molar-refractivity contribution in [3.05, 3.63) is 83.4 Å². The highest BCUT2D eigenvalue weighted by molar-refractivity contribution is 6.35. The van der Waals surface area contributed by atoms with Crippen LogP contribution in [0, 0.1) is 5.92 Å². The van der Waals surface area contributed by atoms with Crippen molar-refractivity contribution < 1.29 is 4.79 Å². The van der Waals surface area contributed by atoms with E-state index < -0.39 is 4.87 Å². The van der Waals surface area contributed by atoms with Crippen LogP contribution in [0.15, 0.2) is 72.3 Å². The molecule has 1 saturated carbocycles. The Morgan fingerprint density at radius 3 is 2.32 bits per heavy atom. The van der Waals surface area contributed by atoms with Crippen LogP contribution in [0.3, 0.4) is 0 Å². The Labute approximate surface area is 191 Å². The maximum absolute atomic E-state index is 13.4. The minimum atomic E-state index is -0.976. The van der Waals surface area contributed by atoms with Crippen LogP contribution >= 0.6 is 11.6 Å². The van der Waals surface area contributed by atoms with Gasteiger partial charge in [-0.25, -0.2) is 0 Å². The lowest BCUT2D eigenvalue weighted by Gasteiger charge is -2.37. The lowest BCUT2D eigenvalue weighted by Crippen LogP contribution is -2.47. The van der Waals surface area contributed by atoms with Crippen LogP contribution in [0.5, 0.6) is 0 Å². The summed E-state index contributed by atoms with van der Waals surface area (Å²) in [5.41, 5.74) is 3.57. The predicted octanol–water partition coefficient (Wildman–Crippen LogP) is 5.65. The smallest absolute Gasteiger partial charge is 0.246 e. The largest absolute Gasteiger partial charge is 0.351 e. The molecule has 4 rings (SSSR count). The molecular weight excluding hydrogens is 404 g/mol. The second-order valence-corrected chi connectivity index (χ2v) is 9.52. The highest BCUT2D eigenvalue weighted by Crippen LogP contribution is 2.44. The summed E-state index contributed by atoms with van der Waals surface area (Å²) in [6, 6.07) is 20.5. The van der Waals surface area contributed by atoms with Crippen LogP contribution in [0.2, 0.25) is 0 Å². The molecule has 3 nitrogen and oxygen atoms in total. The highest BCUT2D eigenvalue weighted by Gasteiger charge is 2.45. The summed E-state index contributed by atoms with van der Waals surface area (Å²) in [5.74, 6) is 0.145. The standard InChI is InChI=1S/C27H33ClN2O/c28-27(24-12-6-2-7-13-24,25-14-8-3-9-15-25)26(31)29-20-22-16-18-30(19-17-22)21-23-10-4-1-5-11-23/h1-2,4-7,10-13,16,25H,3,8-9,14-15,17-21H2,(H,29,31). The van der Waals surface area contributed by atoms with Crippen molar-refractivity contribution in [2.45, 2.75) is 49.9 Å². The maximum Gasteiger partial charge on any atom is 0.246 e. The van der Waals surface area contributed by atoms with Gasteiger partial charge in [-0.1, -0.05) is 91.6 Å². The fourth-order valence-corrected chi connectivity index (χ4v) is 5.37. The molecule has 0 radical (unpaired) electrons. The van der Waals surface area contributed by atoms with Gasteiger partial charge in [0.15, 0.2) is 4.87 Å². The molecule has 2 aromatic rings. The third-order valence-electron chi connectivity index (χ3n) is 6.80. The fraction of sp³-hybridized carbons (Fsp3) is 0.444. The van der Waals surface area contributed by atoms with Gasteiger partial charge in [-0.05, 0) is 36.3 Å². The molecule has 0 aromatic heterocycles. The van der Waals surface area contributed by atoms with Gasteiger partial charge in [-0.3, -0.25) is 9.69 Å². The van der Waals surface area contributed by atoms with E-state index in [4.69, 9.17) is 11.6 Å². The molecule has 0 spiro atoms. The number of halogens is 1. The number of carbonyl (C=O) groups is 1. The van der Waals surface area contributed by atoms with Crippen LogP contribution in [0.1, 0.15) is 49.7 Å². The quantitative estimate of drug-likeness (QED) is 0.449. The number of amides is 1. The first-order chi connectivity index (χ1) is 15.2. The summed E-state index contributed by atoms with van der Waals surface area (Å²) >= 11 is 7.19. The Hall–Kier alpha value is -2.10. The molecule has 1 fully saturated rings. The SMILES string of the molecule is O=C(NCC1=CCN(Cc2ccccc2)CC1)C(Cl)(c1ccccc1)C1CCCCC1. The second kappa shape index (κ2) is 10.5. The zero-order valence-electron chi connectivity index (χ0n) is 18.2. The molecule has 164 valence electrons. The van der Waals surface area contributed by atoms with Crippen molar-refractivity contribution >= 4 is 17.5 Å². The van der Waals surface area contributed by atoms with E-state index in [1.807, 2.05) is 30.3 Å². The van der Waals surface area contributed by atoms with E-state index >= 15 is 0 Å². The van der Waals surface area contributed by atoms with Crippen LogP contribution in [-0.2, 0) is 16.2 Å². The third kappa shape index (κ3) is 5.39. The number of benzene rings is 2. The Morgan fingerprint density at radius 1 is 1.00 bits per heavy atom. The number of hydrogen-bond acceptors (Lipinski definition) is 2. The minimum Gasteiger partial charge on any atom is -0.351 e. The molecular formula is C27H33ClN2O. The van der Waals surface area contributed by atoms with Crippen molar-refractivity contribution in [2.75, 3.05) is 19.6 Å². The van der Waals surface area contributed by atoms with E-state index in [-0.39, 0.29) is 11.8 Å². The van der Waals surface area contributed by atoms with Crippen molar-refractivity contribution in [2.24, 2.45) is 5.92 Å². The van der Waals surface area contributed by atoms with E-state index in [0.29, 0.717) is 6.54 Å². The van der Waals surface area contributed by atoms with Crippen molar-refractivity contribution in [1.82, 2.24) is 10.2 Å². The number of hydrogen-bond donors (Lipinski definition) is 1. The Bertz CT molecular complexity index is 877. The van der Waals surface area contributed by atoms with Gasteiger partial charge in [0.05, 0.1) is 0 Å². The zero-order chi connectivity index (χ0) is 21.5. The number of carbonyl (C=O) groups excluding carboxylic acids is 1. The highest BCUT2D eigenvalue weighted by atomic mass is 35.5. The van der Waals surface area contributed by atoms with Gasteiger partial charge in [0, 0.05) is 26.2 Å². The van der Waals surface area contributed by atoms with Gasteiger partial charge >= 0.3 is 0 Å². The van der Waals surface area contributed by atoms with Crippen LogP contribution in [0.25, 0.3) is 0 Å². The van der Waals surface area contributed by atoms with E-state index in [1.165, 1.54) is 17.6 Å². The molecule has 2 aliphatic rings. The molecule has 0 saturated heterocycles. The van der Waals surface area contributed by atoms with E-state index in [2.05, 4.69) is 46.6 Å². The molecule has 1 amide bonds. The predicted molar refractivity (Wildman–Crippen MR) is 128 cm³/mol. The zero-order valence-corrected chi connectivity index (χ0v) is 19.0. The van der Waals surface area contributed by atoms with Gasteiger partial charge in [0.25, 0.3) is 0 Å². The van der Waals surface area contributed by atoms with Crippen molar-refractivity contribution in [1.29, 1.82) is 0 Å². The molecule has 4 heteroatoms. The van der Waals surface area contributed by atoms with E-state index in [0.717, 1.165) is 57.3 Å². The molecule has 2 aromatic carbocycles. The summed E-state index contributed by atoms with van der Waals surface area (Å²) < 4.78 is 0. The third-order valence-corrected chi connectivity index (χ3v) is 7.50. The van der Waals surface area contributed by atoms with Gasteiger partial charge in [-0.2, -0.15) is 0 Å². The van der Waals surface area contributed by atoms with Gasteiger partial charge in [0.1, 0.15) is 0 Å². The number of alkyl halides is 1.